The molecule has 0 saturated carbocycles. The van der Waals surface area contributed by atoms with Crippen molar-refractivity contribution in [1.82, 2.24) is 0 Å². The highest BCUT2D eigenvalue weighted by atomic mass is 16.1. The Morgan fingerprint density at radius 2 is 1.40 bits per heavy atom. The summed E-state index contributed by atoms with van der Waals surface area (Å²) in [5.41, 5.74) is 0. The van der Waals surface area contributed by atoms with E-state index in [9.17, 15) is 4.79 Å². The SMILES string of the molecule is CC(C)=O.[C]. The van der Waals surface area contributed by atoms with Crippen LogP contribution in [0.4, 0.5) is 0 Å². The van der Waals surface area contributed by atoms with Crippen LogP contribution in [0.5, 0.6) is 0 Å². The number of carbonyl (C=O) groups is 1. The zero-order chi connectivity index (χ0) is 3.58. The van der Waals surface area contributed by atoms with Crippen LogP contribution in [0.2, 0.25) is 0 Å². The smallest absolute Gasteiger partial charge is 0.126 e. The molecule has 1 nitrogen and oxygen atoms in total. The van der Waals surface area contributed by atoms with Gasteiger partial charge in [-0.2, -0.15) is 0 Å². The van der Waals surface area contributed by atoms with E-state index in [0.29, 0.717) is 0 Å². The third-order valence-corrected chi connectivity index (χ3v) is 0. The molecule has 0 aromatic heterocycles. The van der Waals surface area contributed by atoms with Gasteiger partial charge in [-0.1, -0.05) is 0 Å². The molecule has 0 spiro atoms. The molecule has 4 radical (unpaired) electrons. The molecule has 28 valence electrons. The summed E-state index contributed by atoms with van der Waals surface area (Å²) in [4.78, 5) is 9.44. The van der Waals surface area contributed by atoms with E-state index >= 15 is 0 Å². The van der Waals surface area contributed by atoms with Crippen LogP contribution in [0.3, 0.4) is 0 Å². The molecule has 0 atom stereocenters. The Bertz CT molecular complexity index is 26.6. The monoisotopic (exact) mass is 70.0 g/mol. The van der Waals surface area contributed by atoms with Crippen molar-refractivity contribution in [2.45, 2.75) is 13.8 Å². The molecule has 0 aliphatic carbocycles. The number of hydrogen-bond acceptors (Lipinski definition) is 1. The van der Waals surface area contributed by atoms with Crippen molar-refractivity contribution in [3.63, 3.8) is 0 Å². The Kier molecular flexibility index (Phi) is 6.48. The predicted octanol–water partition coefficient (Wildman–Crippen LogP) is 0.677. The van der Waals surface area contributed by atoms with Gasteiger partial charge in [-0.05, 0) is 13.8 Å². The van der Waals surface area contributed by atoms with Gasteiger partial charge in [0, 0.05) is 7.43 Å². The molecule has 0 N–H and O–H groups in total. The first-order valence-electron chi connectivity index (χ1n) is 1.20. The van der Waals surface area contributed by atoms with Crippen LogP contribution >= 0.6 is 0 Å². The van der Waals surface area contributed by atoms with Crippen LogP contribution in [0.25, 0.3) is 0 Å². The summed E-state index contributed by atoms with van der Waals surface area (Å²) in [6, 6.07) is 0. The molecule has 0 aliphatic heterocycles. The standard InChI is InChI=1S/C3H6O.C/c1-3(2)4;/h1-2H3;. The lowest BCUT2D eigenvalue weighted by Gasteiger charge is -1.56. The second kappa shape index (κ2) is 3.67. The first-order chi connectivity index (χ1) is 1.73. The first-order valence-corrected chi connectivity index (χ1v) is 1.20. The molecule has 0 heterocycles. The molecule has 0 aromatic carbocycles. The third kappa shape index (κ3) is 94.0. The fourth-order valence-electron chi connectivity index (χ4n) is 0. The summed E-state index contributed by atoms with van der Waals surface area (Å²) in [5, 5.41) is 0. The molecule has 0 unspecified atom stereocenters. The van der Waals surface area contributed by atoms with Crippen molar-refractivity contribution in [2.24, 2.45) is 0 Å². The highest BCUT2D eigenvalue weighted by Gasteiger charge is 1.62. The van der Waals surface area contributed by atoms with Crippen molar-refractivity contribution in [3.05, 3.63) is 7.43 Å². The van der Waals surface area contributed by atoms with Crippen molar-refractivity contribution in [2.75, 3.05) is 0 Å². The van der Waals surface area contributed by atoms with Gasteiger partial charge in [0.2, 0.25) is 0 Å². The lowest BCUT2D eigenvalue weighted by Crippen LogP contribution is -1.69. The Labute approximate surface area is 33.0 Å². The van der Waals surface area contributed by atoms with Gasteiger partial charge in [0.25, 0.3) is 0 Å². The van der Waals surface area contributed by atoms with Crippen molar-refractivity contribution >= 4 is 5.78 Å². The number of Topliss-reactive ketones (excluding diaryl/α,β-unsaturated/α-hetero) is 1. The Morgan fingerprint density at radius 1 is 1.40 bits per heavy atom. The van der Waals surface area contributed by atoms with E-state index < -0.39 is 0 Å². The van der Waals surface area contributed by atoms with Crippen molar-refractivity contribution < 1.29 is 4.79 Å². The van der Waals surface area contributed by atoms with E-state index in [0.717, 1.165) is 0 Å². The molecule has 0 bridgehead atoms. The first kappa shape index (κ1) is 8.82. The molecule has 0 fully saturated rings. The highest BCUT2D eigenvalue weighted by Crippen LogP contribution is 1.50. The highest BCUT2D eigenvalue weighted by molar-refractivity contribution is 5.72. The molecular formula is C4H6O. The normalized spacial score (nSPS) is 5.20. The van der Waals surface area contributed by atoms with E-state index in [2.05, 4.69) is 0 Å². The number of carbonyl (C=O) groups excluding carboxylic acids is 1. The second-order valence-corrected chi connectivity index (χ2v) is 0.908. The second-order valence-electron chi connectivity index (χ2n) is 0.908. The van der Waals surface area contributed by atoms with Gasteiger partial charge >= 0.3 is 0 Å². The van der Waals surface area contributed by atoms with E-state index in [4.69, 9.17) is 0 Å². The van der Waals surface area contributed by atoms with Gasteiger partial charge in [0.1, 0.15) is 5.78 Å². The minimum atomic E-state index is 0. The summed E-state index contributed by atoms with van der Waals surface area (Å²) in [6.07, 6.45) is 0. The fraction of sp³-hybridized carbons (Fsp3) is 0.500. The van der Waals surface area contributed by atoms with Gasteiger partial charge in [-0.3, -0.25) is 0 Å². The average molecular weight is 70.1 g/mol. The van der Waals surface area contributed by atoms with E-state index in [1.165, 1.54) is 13.8 Å². The van der Waals surface area contributed by atoms with E-state index in [1.807, 2.05) is 0 Å². The molecule has 0 aromatic rings. The van der Waals surface area contributed by atoms with Crippen LogP contribution in [0.1, 0.15) is 13.8 Å². The summed E-state index contributed by atoms with van der Waals surface area (Å²) >= 11 is 0. The zero-order valence-electron chi connectivity index (χ0n) is 3.41. The predicted molar refractivity (Wildman–Crippen MR) is 19.6 cm³/mol. The third-order valence-electron chi connectivity index (χ3n) is 0. The van der Waals surface area contributed by atoms with Crippen LogP contribution in [-0.2, 0) is 4.79 Å². The van der Waals surface area contributed by atoms with Crippen molar-refractivity contribution in [1.29, 1.82) is 0 Å². The zero-order valence-corrected chi connectivity index (χ0v) is 3.41. The molecular weight excluding hydrogens is 64.0 g/mol. The van der Waals surface area contributed by atoms with Crippen LogP contribution < -0.4 is 0 Å². The molecule has 5 heavy (non-hydrogen) atoms. The average Bonchev–Trinajstić information content (AvgIpc) is 0.811. The maximum Gasteiger partial charge on any atom is 0.126 e. The van der Waals surface area contributed by atoms with Gasteiger partial charge in [0.15, 0.2) is 0 Å². The number of hydrogen-bond donors (Lipinski definition) is 0. The van der Waals surface area contributed by atoms with Gasteiger partial charge in [-0.25, -0.2) is 0 Å². The largest absolute Gasteiger partial charge is 0.300 e. The van der Waals surface area contributed by atoms with Crippen LogP contribution in [0.15, 0.2) is 0 Å². The summed E-state index contributed by atoms with van der Waals surface area (Å²) < 4.78 is 0. The maximum absolute atomic E-state index is 9.44. The summed E-state index contributed by atoms with van der Waals surface area (Å²) in [7, 11) is 0. The van der Waals surface area contributed by atoms with Crippen LogP contribution in [0, 0.1) is 7.43 Å². The number of rotatable bonds is 0. The summed E-state index contributed by atoms with van der Waals surface area (Å²) in [5.74, 6) is 0.167. The lowest BCUT2D eigenvalue weighted by atomic mass is 10.6. The fourth-order valence-corrected chi connectivity index (χ4v) is 0. The van der Waals surface area contributed by atoms with Gasteiger partial charge in [-0.15, -0.1) is 0 Å². The van der Waals surface area contributed by atoms with Gasteiger partial charge < -0.3 is 4.79 Å². The Balaban J connectivity index is 0. The molecule has 0 aliphatic rings. The van der Waals surface area contributed by atoms with E-state index in [1.54, 1.807) is 0 Å². The Morgan fingerprint density at radius 3 is 1.40 bits per heavy atom. The number of ketones is 1. The van der Waals surface area contributed by atoms with Gasteiger partial charge in [0.05, 0.1) is 0 Å². The maximum atomic E-state index is 9.44. The topological polar surface area (TPSA) is 17.1 Å². The molecule has 0 rings (SSSR count). The minimum absolute atomic E-state index is 0. The minimum Gasteiger partial charge on any atom is -0.300 e. The van der Waals surface area contributed by atoms with Crippen LogP contribution in [-0.4, -0.2) is 5.78 Å². The molecule has 0 amide bonds. The quantitative estimate of drug-likeness (QED) is 0.409. The molecule has 1 heteroatoms. The molecule has 0 saturated heterocycles. The lowest BCUT2D eigenvalue weighted by molar-refractivity contribution is -0.114. The van der Waals surface area contributed by atoms with E-state index in [-0.39, 0.29) is 13.2 Å². The summed E-state index contributed by atoms with van der Waals surface area (Å²) in [6.45, 7) is 3.06. The Hall–Kier alpha value is -0.330. The van der Waals surface area contributed by atoms with Crippen molar-refractivity contribution in [3.8, 4) is 0 Å².